The molecule has 0 radical (unpaired) electrons. The number of ether oxygens (including phenoxy) is 1. The number of fused-ring (bicyclic) bond motifs is 5. The fraction of sp³-hybridized carbons (Fsp3) is 0.744. The normalized spacial score (nSPS) is 39.9. The predicted octanol–water partition coefficient (Wildman–Crippen LogP) is 9.95. The minimum Gasteiger partial charge on any atom is -0.458 e. The molecule has 3 fully saturated rings. The number of hydrogen-bond acceptors (Lipinski definition) is 3. The maximum atomic E-state index is 14.2. The van der Waals surface area contributed by atoms with E-state index in [0.717, 1.165) is 30.6 Å². The van der Waals surface area contributed by atoms with Gasteiger partial charge < -0.3 is 4.74 Å². The van der Waals surface area contributed by atoms with Crippen LogP contribution in [0.4, 0.5) is 0 Å². The maximum Gasteiger partial charge on any atom is 0.338 e. The Morgan fingerprint density at radius 3 is 2.31 bits per heavy atom. The second-order valence-electron chi connectivity index (χ2n) is 16.2. The van der Waals surface area contributed by atoms with E-state index in [-0.39, 0.29) is 45.9 Å². The quantitative estimate of drug-likeness (QED) is 0.290. The monoisotopic (exact) mass is 574 g/mol. The molecule has 1 aromatic rings. The third kappa shape index (κ3) is 4.93. The minimum absolute atomic E-state index is 0.0208. The maximum absolute atomic E-state index is 14.2. The second-order valence-corrected chi connectivity index (χ2v) is 16.2. The summed E-state index contributed by atoms with van der Waals surface area (Å²) in [4.78, 5) is 27.1. The van der Waals surface area contributed by atoms with Crippen molar-refractivity contribution in [2.24, 2.45) is 63.6 Å². The first kappa shape index (κ1) is 31.5. The topological polar surface area (TPSA) is 43.4 Å². The van der Waals surface area contributed by atoms with E-state index in [2.05, 4.69) is 68.4 Å². The molecule has 0 heterocycles. The molecule has 1 aromatic carbocycles. The van der Waals surface area contributed by atoms with Crippen LogP contribution in [0, 0.1) is 63.6 Å². The minimum atomic E-state index is -0.268. The number of carbonyl (C=O) groups excluding carboxylic acids is 2. The molecule has 0 N–H and O–H groups in total. The highest BCUT2D eigenvalue weighted by molar-refractivity contribution is 5.95. The van der Waals surface area contributed by atoms with Crippen molar-refractivity contribution in [1.29, 1.82) is 0 Å². The van der Waals surface area contributed by atoms with Crippen LogP contribution < -0.4 is 0 Å². The zero-order chi connectivity index (χ0) is 30.6. The summed E-state index contributed by atoms with van der Waals surface area (Å²) >= 11 is 0. The standard InChI is InChI=1S/C39H58O3/c1-10-28(24(2)3)22-25(4)26(5)30-16-20-39(9)32-23-33(40)35-27(6)34(42-36(41)29-14-12-11-13-15-29)18-19-37(35,7)31(32)17-21-38(30,39)8/h11-15,23-28,30-31,34-35H,10,16-22H2,1-9H3/t25-,26-,27-,28-,30-,31?,34+,35-,37-,38-,39+/m1/s1. The third-order valence-electron chi connectivity index (χ3n) is 14.1. The van der Waals surface area contributed by atoms with Crippen LogP contribution in [-0.2, 0) is 9.53 Å². The fourth-order valence-corrected chi connectivity index (χ4v) is 11.0. The highest BCUT2D eigenvalue weighted by atomic mass is 16.5. The van der Waals surface area contributed by atoms with Crippen LogP contribution in [0.2, 0.25) is 0 Å². The summed E-state index contributed by atoms with van der Waals surface area (Å²) in [5, 5.41) is 0. The van der Waals surface area contributed by atoms with Gasteiger partial charge in [0.05, 0.1) is 5.56 Å². The molecule has 5 rings (SSSR count). The van der Waals surface area contributed by atoms with Gasteiger partial charge in [-0.1, -0.05) is 92.5 Å². The first-order valence-electron chi connectivity index (χ1n) is 17.3. The average Bonchev–Trinajstić information content (AvgIpc) is 3.24. The summed E-state index contributed by atoms with van der Waals surface area (Å²) in [5.41, 5.74) is 2.31. The van der Waals surface area contributed by atoms with Crippen molar-refractivity contribution in [2.45, 2.75) is 120 Å². The Morgan fingerprint density at radius 2 is 1.67 bits per heavy atom. The molecule has 0 spiro atoms. The van der Waals surface area contributed by atoms with Gasteiger partial charge in [-0.25, -0.2) is 4.79 Å². The molecule has 0 amide bonds. The summed E-state index contributed by atoms with van der Waals surface area (Å²) in [6, 6.07) is 9.27. The Labute approximate surface area is 256 Å². The van der Waals surface area contributed by atoms with Crippen molar-refractivity contribution < 1.29 is 14.3 Å². The van der Waals surface area contributed by atoms with Crippen LogP contribution in [0.1, 0.15) is 124 Å². The van der Waals surface area contributed by atoms with Crippen molar-refractivity contribution in [3.05, 3.63) is 47.5 Å². The highest BCUT2D eigenvalue weighted by Crippen LogP contribution is 2.72. The lowest BCUT2D eigenvalue weighted by molar-refractivity contribution is -0.142. The molecule has 3 heteroatoms. The molecule has 42 heavy (non-hydrogen) atoms. The molecule has 3 saturated carbocycles. The molecule has 232 valence electrons. The third-order valence-corrected chi connectivity index (χ3v) is 14.1. The van der Waals surface area contributed by atoms with Gasteiger partial charge in [0.1, 0.15) is 6.10 Å². The van der Waals surface area contributed by atoms with Gasteiger partial charge in [-0.3, -0.25) is 4.79 Å². The van der Waals surface area contributed by atoms with Crippen LogP contribution >= 0.6 is 0 Å². The Kier molecular flexibility index (Phi) is 8.67. The first-order chi connectivity index (χ1) is 19.8. The molecule has 0 aliphatic heterocycles. The van der Waals surface area contributed by atoms with Gasteiger partial charge in [-0.15, -0.1) is 0 Å². The van der Waals surface area contributed by atoms with Crippen LogP contribution in [0.5, 0.6) is 0 Å². The Morgan fingerprint density at radius 1 is 0.976 bits per heavy atom. The lowest BCUT2D eigenvalue weighted by Gasteiger charge is -2.62. The van der Waals surface area contributed by atoms with E-state index in [1.807, 2.05) is 30.3 Å². The molecule has 3 nitrogen and oxygen atoms in total. The van der Waals surface area contributed by atoms with E-state index in [4.69, 9.17) is 4.74 Å². The molecular formula is C39H58O3. The Balaban J connectivity index is 1.38. The van der Waals surface area contributed by atoms with Gasteiger partial charge in [0.15, 0.2) is 5.78 Å². The lowest BCUT2D eigenvalue weighted by atomic mass is 9.42. The molecular weight excluding hydrogens is 516 g/mol. The SMILES string of the molecule is CC[C@H](C[C@@H](C)[C@@H](C)[C@H]1CC[C@@]2(C)C3=CC(=O)[C@H]4[C@H](C)[C@@H](OC(=O)c5ccccc5)CC[C@]4(C)C3CC[C@]12C)C(C)C. The molecule has 0 saturated heterocycles. The fourth-order valence-electron chi connectivity index (χ4n) is 11.0. The van der Waals surface area contributed by atoms with Crippen LogP contribution in [-0.4, -0.2) is 17.9 Å². The van der Waals surface area contributed by atoms with Crippen molar-refractivity contribution in [3.8, 4) is 0 Å². The van der Waals surface area contributed by atoms with Gasteiger partial charge >= 0.3 is 5.97 Å². The van der Waals surface area contributed by atoms with Crippen molar-refractivity contribution in [1.82, 2.24) is 0 Å². The summed E-state index contributed by atoms with van der Waals surface area (Å²) < 4.78 is 6.07. The molecule has 0 bridgehead atoms. The summed E-state index contributed by atoms with van der Waals surface area (Å²) in [7, 11) is 0. The van der Waals surface area contributed by atoms with E-state index < -0.39 is 0 Å². The lowest BCUT2D eigenvalue weighted by Crippen LogP contribution is -2.58. The molecule has 4 aliphatic rings. The smallest absolute Gasteiger partial charge is 0.338 e. The molecule has 1 unspecified atom stereocenters. The van der Waals surface area contributed by atoms with Crippen molar-refractivity contribution >= 4 is 11.8 Å². The Hall–Kier alpha value is -1.90. The molecule has 11 atom stereocenters. The molecule has 0 aromatic heterocycles. The Bertz CT molecular complexity index is 1180. The van der Waals surface area contributed by atoms with E-state index in [1.165, 1.54) is 44.1 Å². The van der Waals surface area contributed by atoms with Crippen molar-refractivity contribution in [2.75, 3.05) is 0 Å². The van der Waals surface area contributed by atoms with Crippen LogP contribution in [0.25, 0.3) is 0 Å². The zero-order valence-corrected chi connectivity index (χ0v) is 28.0. The van der Waals surface area contributed by atoms with Crippen LogP contribution in [0.15, 0.2) is 42.0 Å². The van der Waals surface area contributed by atoms with E-state index in [1.54, 1.807) is 0 Å². The summed E-state index contributed by atoms with van der Waals surface area (Å²) in [6.07, 6.45) is 11.2. The number of esters is 1. The predicted molar refractivity (Wildman–Crippen MR) is 172 cm³/mol. The van der Waals surface area contributed by atoms with Gasteiger partial charge in [-0.05, 0) is 115 Å². The summed E-state index contributed by atoms with van der Waals surface area (Å²) in [6.45, 7) is 21.9. The largest absolute Gasteiger partial charge is 0.458 e. The van der Waals surface area contributed by atoms with Gasteiger partial charge in [0.25, 0.3) is 0 Å². The van der Waals surface area contributed by atoms with Gasteiger partial charge in [-0.2, -0.15) is 0 Å². The van der Waals surface area contributed by atoms with Gasteiger partial charge in [0.2, 0.25) is 0 Å². The first-order valence-corrected chi connectivity index (χ1v) is 17.3. The number of carbonyl (C=O) groups is 2. The number of hydrogen-bond donors (Lipinski definition) is 0. The zero-order valence-electron chi connectivity index (χ0n) is 28.0. The number of ketones is 1. The van der Waals surface area contributed by atoms with Crippen LogP contribution in [0.3, 0.4) is 0 Å². The number of benzene rings is 1. The molecule has 4 aliphatic carbocycles. The van der Waals surface area contributed by atoms with Crippen molar-refractivity contribution in [3.63, 3.8) is 0 Å². The second kappa shape index (κ2) is 11.6. The average molecular weight is 575 g/mol. The summed E-state index contributed by atoms with van der Waals surface area (Å²) in [5.74, 6) is 4.07. The number of allylic oxidation sites excluding steroid dienone is 2. The number of rotatable bonds is 8. The van der Waals surface area contributed by atoms with E-state index in [0.29, 0.717) is 23.3 Å². The van der Waals surface area contributed by atoms with Gasteiger partial charge in [0, 0.05) is 11.8 Å². The highest BCUT2D eigenvalue weighted by Gasteiger charge is 2.65. The van der Waals surface area contributed by atoms with E-state index >= 15 is 0 Å². The van der Waals surface area contributed by atoms with E-state index in [9.17, 15) is 9.59 Å².